The highest BCUT2D eigenvalue weighted by atomic mass is 19.1. The molecule has 2 fully saturated rings. The van der Waals surface area contributed by atoms with Crippen molar-refractivity contribution in [1.82, 2.24) is 19.6 Å². The molecule has 0 aliphatic heterocycles. The van der Waals surface area contributed by atoms with Crippen LogP contribution in [-0.4, -0.2) is 31.7 Å². The fraction of sp³-hybridized carbons (Fsp3) is 0.370. The molecule has 6 rings (SSSR count). The van der Waals surface area contributed by atoms with E-state index in [1.165, 1.54) is 44.6 Å². The van der Waals surface area contributed by atoms with Crippen molar-refractivity contribution >= 4 is 17.3 Å². The molecule has 7 heteroatoms. The minimum atomic E-state index is -0.296. The summed E-state index contributed by atoms with van der Waals surface area (Å²) in [6.07, 6.45) is 13.2. The molecule has 2 saturated carbocycles. The fourth-order valence-electron chi connectivity index (χ4n) is 5.39. The summed E-state index contributed by atoms with van der Waals surface area (Å²) in [5.41, 5.74) is 3.51. The van der Waals surface area contributed by atoms with Crippen LogP contribution in [0.4, 0.5) is 16.0 Å². The first-order valence-electron chi connectivity index (χ1n) is 12.4. The van der Waals surface area contributed by atoms with Crippen molar-refractivity contribution in [3.8, 4) is 22.4 Å². The normalized spacial score (nSPS) is 17.0. The average molecular weight is 457 g/mol. The third-order valence-electron chi connectivity index (χ3n) is 7.11. The molecule has 0 atom stereocenters. The molecule has 3 heterocycles. The van der Waals surface area contributed by atoms with E-state index in [4.69, 9.17) is 10.1 Å². The lowest BCUT2D eigenvalue weighted by Gasteiger charge is -2.14. The highest BCUT2D eigenvalue weighted by molar-refractivity contribution is 5.91. The molecule has 1 aromatic carbocycles. The van der Waals surface area contributed by atoms with E-state index in [9.17, 15) is 4.39 Å². The second-order valence-corrected chi connectivity index (χ2v) is 9.45. The lowest BCUT2D eigenvalue weighted by molar-refractivity contribution is 0.630. The van der Waals surface area contributed by atoms with Crippen molar-refractivity contribution in [2.24, 2.45) is 0 Å². The molecule has 2 N–H and O–H groups in total. The summed E-state index contributed by atoms with van der Waals surface area (Å²) in [5, 5.41) is 12.1. The zero-order valence-electron chi connectivity index (χ0n) is 19.2. The van der Waals surface area contributed by atoms with Crippen molar-refractivity contribution in [2.45, 2.75) is 63.5 Å². The van der Waals surface area contributed by atoms with Crippen LogP contribution in [-0.2, 0) is 0 Å². The van der Waals surface area contributed by atoms with Crippen molar-refractivity contribution < 1.29 is 4.39 Å². The Hall–Kier alpha value is -3.48. The first kappa shape index (κ1) is 21.1. The molecule has 174 valence electrons. The van der Waals surface area contributed by atoms with Gasteiger partial charge < -0.3 is 10.6 Å². The van der Waals surface area contributed by atoms with Gasteiger partial charge >= 0.3 is 0 Å². The lowest BCUT2D eigenvalue weighted by Crippen LogP contribution is -2.17. The lowest BCUT2D eigenvalue weighted by atomic mass is 10.0. The Balaban J connectivity index is 1.49. The monoisotopic (exact) mass is 456 g/mol. The maximum Gasteiger partial charge on any atom is 0.165 e. The molecular weight excluding hydrogens is 427 g/mol. The quantitative estimate of drug-likeness (QED) is 0.356. The van der Waals surface area contributed by atoms with Gasteiger partial charge in [0.1, 0.15) is 23.1 Å². The largest absolute Gasteiger partial charge is 0.367 e. The van der Waals surface area contributed by atoms with Crippen LogP contribution in [0.25, 0.3) is 28.0 Å². The van der Waals surface area contributed by atoms with Crippen LogP contribution in [0.1, 0.15) is 51.4 Å². The number of pyridine rings is 1. The summed E-state index contributed by atoms with van der Waals surface area (Å²) < 4.78 is 16.8. The van der Waals surface area contributed by atoms with Crippen LogP contribution < -0.4 is 10.6 Å². The molecule has 0 spiro atoms. The Morgan fingerprint density at radius 1 is 0.824 bits per heavy atom. The van der Waals surface area contributed by atoms with Gasteiger partial charge in [-0.2, -0.15) is 9.61 Å². The third-order valence-corrected chi connectivity index (χ3v) is 7.11. The van der Waals surface area contributed by atoms with E-state index in [1.54, 1.807) is 12.1 Å². The van der Waals surface area contributed by atoms with Gasteiger partial charge in [0.2, 0.25) is 0 Å². The molecule has 0 bridgehead atoms. The van der Waals surface area contributed by atoms with E-state index in [0.29, 0.717) is 29.0 Å². The van der Waals surface area contributed by atoms with Crippen molar-refractivity contribution in [1.29, 1.82) is 0 Å². The van der Waals surface area contributed by atoms with Gasteiger partial charge in [-0.15, -0.1) is 0 Å². The number of halogens is 1. The van der Waals surface area contributed by atoms with Gasteiger partial charge in [-0.3, -0.25) is 0 Å². The van der Waals surface area contributed by atoms with E-state index in [-0.39, 0.29) is 5.82 Å². The SMILES string of the molecule is Fc1ccccc1-c1nn2c(NC3CCCC3)ccnc2c1-c1ccnc(NC2CCCC2)c1. The van der Waals surface area contributed by atoms with Crippen LogP contribution in [0.2, 0.25) is 0 Å². The summed E-state index contributed by atoms with van der Waals surface area (Å²) in [6.45, 7) is 0. The van der Waals surface area contributed by atoms with E-state index in [0.717, 1.165) is 35.6 Å². The Bertz CT molecular complexity index is 1300. The predicted octanol–water partition coefficient (Wildman–Crippen LogP) is 6.31. The first-order chi connectivity index (χ1) is 16.8. The van der Waals surface area contributed by atoms with Crippen molar-refractivity contribution in [3.05, 3.63) is 60.7 Å². The minimum Gasteiger partial charge on any atom is -0.367 e. The van der Waals surface area contributed by atoms with Crippen LogP contribution in [0.5, 0.6) is 0 Å². The van der Waals surface area contributed by atoms with Gasteiger partial charge in [0, 0.05) is 30.0 Å². The van der Waals surface area contributed by atoms with Crippen LogP contribution in [0.15, 0.2) is 54.9 Å². The number of fused-ring (bicyclic) bond motifs is 1. The van der Waals surface area contributed by atoms with E-state index in [2.05, 4.69) is 15.6 Å². The van der Waals surface area contributed by atoms with Gasteiger partial charge in [-0.05, 0) is 61.6 Å². The van der Waals surface area contributed by atoms with Crippen LogP contribution >= 0.6 is 0 Å². The average Bonchev–Trinajstić information content (AvgIpc) is 3.61. The second-order valence-electron chi connectivity index (χ2n) is 9.45. The minimum absolute atomic E-state index is 0.296. The maximum atomic E-state index is 15.0. The topological polar surface area (TPSA) is 67.1 Å². The van der Waals surface area contributed by atoms with Gasteiger partial charge in [0.15, 0.2) is 5.65 Å². The molecular formula is C27H29FN6. The first-order valence-corrected chi connectivity index (χ1v) is 12.4. The molecule has 6 nitrogen and oxygen atoms in total. The van der Waals surface area contributed by atoms with E-state index >= 15 is 0 Å². The number of benzene rings is 1. The molecule has 2 aliphatic rings. The molecule has 2 aliphatic carbocycles. The second kappa shape index (κ2) is 9.05. The van der Waals surface area contributed by atoms with Gasteiger partial charge in [0.05, 0.1) is 5.56 Å². The maximum absolute atomic E-state index is 15.0. The number of rotatable bonds is 6. The van der Waals surface area contributed by atoms with Crippen LogP contribution in [0, 0.1) is 5.82 Å². The molecule has 0 saturated heterocycles. The summed E-state index contributed by atoms with van der Waals surface area (Å²) in [4.78, 5) is 9.25. The Kier molecular flexibility index (Phi) is 5.61. The zero-order valence-corrected chi connectivity index (χ0v) is 19.2. The van der Waals surface area contributed by atoms with Gasteiger partial charge in [-0.25, -0.2) is 14.4 Å². The Morgan fingerprint density at radius 2 is 1.53 bits per heavy atom. The van der Waals surface area contributed by atoms with Crippen LogP contribution in [0.3, 0.4) is 0 Å². The Labute approximate surface area is 198 Å². The number of nitrogens with zero attached hydrogens (tertiary/aromatic N) is 4. The summed E-state index contributed by atoms with van der Waals surface area (Å²) >= 11 is 0. The number of anilines is 2. The highest BCUT2D eigenvalue weighted by Gasteiger charge is 2.23. The predicted molar refractivity (Wildman–Crippen MR) is 133 cm³/mol. The Morgan fingerprint density at radius 3 is 2.29 bits per heavy atom. The van der Waals surface area contributed by atoms with Crippen molar-refractivity contribution in [2.75, 3.05) is 10.6 Å². The molecule has 0 unspecified atom stereocenters. The molecule has 34 heavy (non-hydrogen) atoms. The van der Waals surface area contributed by atoms with E-state index < -0.39 is 0 Å². The summed E-state index contributed by atoms with van der Waals surface area (Å²) in [7, 11) is 0. The fourth-order valence-corrected chi connectivity index (χ4v) is 5.39. The zero-order chi connectivity index (χ0) is 22.9. The smallest absolute Gasteiger partial charge is 0.165 e. The summed E-state index contributed by atoms with van der Waals surface area (Å²) in [5.74, 6) is 1.43. The number of hydrogen-bond acceptors (Lipinski definition) is 5. The van der Waals surface area contributed by atoms with Gasteiger partial charge in [0.25, 0.3) is 0 Å². The molecule has 0 radical (unpaired) electrons. The number of aromatic nitrogens is 4. The summed E-state index contributed by atoms with van der Waals surface area (Å²) in [6, 6.07) is 13.6. The highest BCUT2D eigenvalue weighted by Crippen LogP contribution is 2.37. The molecule has 4 aromatic rings. The van der Waals surface area contributed by atoms with Gasteiger partial charge in [-0.1, -0.05) is 37.8 Å². The standard InChI is InChI=1S/C27H29FN6/c28-22-12-6-5-11-21(22)26-25(18-13-15-29-23(17-18)31-19-7-1-2-8-19)27-30-16-14-24(34(27)33-26)32-20-9-3-4-10-20/h5-6,11-17,19-20,32H,1-4,7-10H2,(H,29,31). The number of nitrogens with one attached hydrogen (secondary N) is 2. The third kappa shape index (κ3) is 4.00. The molecule has 3 aromatic heterocycles. The molecule has 0 amide bonds. The van der Waals surface area contributed by atoms with Crippen molar-refractivity contribution in [3.63, 3.8) is 0 Å². The number of hydrogen-bond donors (Lipinski definition) is 2. The van der Waals surface area contributed by atoms with E-state index in [1.807, 2.05) is 41.2 Å².